The Bertz CT molecular complexity index is 715. The van der Waals surface area contributed by atoms with E-state index in [1.165, 1.54) is 11.1 Å². The number of halogens is 1. The van der Waals surface area contributed by atoms with E-state index in [9.17, 15) is 4.79 Å². The van der Waals surface area contributed by atoms with E-state index >= 15 is 0 Å². The molecule has 0 aromatic heterocycles. The number of rotatable bonds is 2. The quantitative estimate of drug-likeness (QED) is 0.837. The normalized spacial score (nSPS) is 13.9. The Morgan fingerprint density at radius 2 is 1.95 bits per heavy atom. The number of nitrogen functional groups attached to an aromatic ring is 1. The number of fused-ring (bicyclic) bond motifs is 1. The Morgan fingerprint density at radius 3 is 2.67 bits per heavy atom. The van der Waals surface area contributed by atoms with E-state index in [2.05, 4.69) is 11.0 Å². The van der Waals surface area contributed by atoms with Crippen molar-refractivity contribution < 1.29 is 4.79 Å². The molecule has 4 N–H and O–H groups in total. The highest BCUT2D eigenvalue weighted by atomic mass is 35.5. The summed E-state index contributed by atoms with van der Waals surface area (Å²) in [4.78, 5) is 13.4. The summed E-state index contributed by atoms with van der Waals surface area (Å²) in [6, 6.07) is 11.2. The fourth-order valence-electron chi connectivity index (χ4n) is 2.70. The van der Waals surface area contributed by atoms with Crippen LogP contribution in [0.1, 0.15) is 21.5 Å². The maximum Gasteiger partial charge on any atom is 0.248 e. The zero-order chi connectivity index (χ0) is 15.0. The molecular weight excluding hydrogens is 286 g/mol. The lowest BCUT2D eigenvalue weighted by molar-refractivity contribution is 0.100. The van der Waals surface area contributed by atoms with E-state index < -0.39 is 5.91 Å². The van der Waals surface area contributed by atoms with Gasteiger partial charge in [0, 0.05) is 24.3 Å². The van der Waals surface area contributed by atoms with Gasteiger partial charge >= 0.3 is 0 Å². The summed E-state index contributed by atoms with van der Waals surface area (Å²) in [6.45, 7) is 1.64. The van der Waals surface area contributed by atoms with Crippen LogP contribution in [0.2, 0.25) is 5.02 Å². The predicted octanol–water partition coefficient (Wildman–Crippen LogP) is 2.58. The van der Waals surface area contributed by atoms with Crippen LogP contribution < -0.4 is 16.4 Å². The molecule has 2 aromatic carbocycles. The molecule has 1 amide bonds. The lowest BCUT2D eigenvalue weighted by atomic mass is 9.98. The molecule has 4 nitrogen and oxygen atoms in total. The number of benzene rings is 2. The van der Waals surface area contributed by atoms with Crippen LogP contribution in [-0.2, 0) is 13.0 Å². The van der Waals surface area contributed by atoms with Crippen LogP contribution in [0, 0.1) is 0 Å². The molecule has 5 heteroatoms. The molecule has 2 aromatic rings. The standard InChI is InChI=1S/C16H16ClN3O/c17-14-8-11(16(19)21)2-4-15(14)20-6-5-10-1-3-13(18)7-12(10)9-20/h1-4,7-8H,5-6,9,18H2,(H2,19,21). The van der Waals surface area contributed by atoms with Gasteiger partial charge in [-0.1, -0.05) is 17.7 Å². The third-order valence-electron chi connectivity index (χ3n) is 3.82. The fourth-order valence-corrected chi connectivity index (χ4v) is 3.00. The number of primary amides is 1. The van der Waals surface area contributed by atoms with Crippen molar-refractivity contribution in [3.8, 4) is 0 Å². The second-order valence-electron chi connectivity index (χ2n) is 5.23. The first-order chi connectivity index (χ1) is 10.0. The Balaban J connectivity index is 1.91. The minimum absolute atomic E-state index is 0.422. The van der Waals surface area contributed by atoms with Gasteiger partial charge in [-0.15, -0.1) is 0 Å². The van der Waals surface area contributed by atoms with Crippen molar-refractivity contribution in [3.63, 3.8) is 0 Å². The van der Waals surface area contributed by atoms with Crippen LogP contribution in [0.5, 0.6) is 0 Å². The van der Waals surface area contributed by atoms with E-state index in [0.717, 1.165) is 30.9 Å². The third-order valence-corrected chi connectivity index (χ3v) is 4.12. The minimum Gasteiger partial charge on any atom is -0.399 e. The molecule has 108 valence electrons. The summed E-state index contributed by atoms with van der Waals surface area (Å²) in [6.07, 6.45) is 0.948. The van der Waals surface area contributed by atoms with Crippen molar-refractivity contribution >= 4 is 28.9 Å². The molecule has 1 aliphatic heterocycles. The molecule has 1 aliphatic rings. The molecule has 21 heavy (non-hydrogen) atoms. The highest BCUT2D eigenvalue weighted by molar-refractivity contribution is 6.33. The average Bonchev–Trinajstić information content (AvgIpc) is 2.46. The Morgan fingerprint density at radius 1 is 1.14 bits per heavy atom. The number of nitrogens with two attached hydrogens (primary N) is 2. The van der Waals surface area contributed by atoms with Crippen LogP contribution in [0.25, 0.3) is 0 Å². The second kappa shape index (κ2) is 5.30. The number of nitrogens with zero attached hydrogens (tertiary/aromatic N) is 1. The van der Waals surface area contributed by atoms with Gasteiger partial charge in [0.25, 0.3) is 0 Å². The second-order valence-corrected chi connectivity index (χ2v) is 5.64. The summed E-state index contributed by atoms with van der Waals surface area (Å²) in [5, 5.41) is 0.540. The molecule has 1 heterocycles. The lowest BCUT2D eigenvalue weighted by Crippen LogP contribution is -2.30. The first-order valence-electron chi connectivity index (χ1n) is 6.76. The maximum absolute atomic E-state index is 11.2. The molecule has 0 fully saturated rings. The zero-order valence-corrected chi connectivity index (χ0v) is 12.2. The van der Waals surface area contributed by atoms with Gasteiger partial charge in [0.15, 0.2) is 0 Å². The van der Waals surface area contributed by atoms with Gasteiger partial charge < -0.3 is 16.4 Å². The fraction of sp³-hybridized carbons (Fsp3) is 0.188. The number of amides is 1. The van der Waals surface area contributed by atoms with Crippen molar-refractivity contribution in [2.45, 2.75) is 13.0 Å². The number of anilines is 2. The Labute approximate surface area is 128 Å². The van der Waals surface area contributed by atoms with E-state index in [1.807, 2.05) is 18.2 Å². The predicted molar refractivity (Wildman–Crippen MR) is 85.6 cm³/mol. The monoisotopic (exact) mass is 301 g/mol. The maximum atomic E-state index is 11.2. The summed E-state index contributed by atoms with van der Waals surface area (Å²) < 4.78 is 0. The number of hydrogen-bond acceptors (Lipinski definition) is 3. The van der Waals surface area contributed by atoms with E-state index in [0.29, 0.717) is 10.6 Å². The average molecular weight is 302 g/mol. The summed E-state index contributed by atoms with van der Waals surface area (Å²) >= 11 is 6.29. The zero-order valence-electron chi connectivity index (χ0n) is 11.5. The Hall–Kier alpha value is -2.20. The molecule has 0 saturated heterocycles. The van der Waals surface area contributed by atoms with Gasteiger partial charge in [-0.2, -0.15) is 0 Å². The van der Waals surface area contributed by atoms with Gasteiger partial charge in [0.1, 0.15) is 0 Å². The van der Waals surface area contributed by atoms with Gasteiger partial charge in [0.05, 0.1) is 10.7 Å². The van der Waals surface area contributed by atoms with Crippen LogP contribution >= 0.6 is 11.6 Å². The van der Waals surface area contributed by atoms with E-state index in [-0.39, 0.29) is 0 Å². The van der Waals surface area contributed by atoms with Crippen LogP contribution in [0.4, 0.5) is 11.4 Å². The largest absolute Gasteiger partial charge is 0.399 e. The van der Waals surface area contributed by atoms with Crippen molar-refractivity contribution in [1.82, 2.24) is 0 Å². The van der Waals surface area contributed by atoms with Gasteiger partial charge in [-0.3, -0.25) is 4.79 Å². The number of hydrogen-bond donors (Lipinski definition) is 2. The summed E-state index contributed by atoms with van der Waals surface area (Å²) in [5.41, 5.74) is 15.8. The molecule has 0 radical (unpaired) electrons. The first-order valence-corrected chi connectivity index (χ1v) is 7.14. The minimum atomic E-state index is -0.472. The third kappa shape index (κ3) is 2.67. The Kier molecular flexibility index (Phi) is 3.47. The van der Waals surface area contributed by atoms with Crippen molar-refractivity contribution in [2.75, 3.05) is 17.2 Å². The SMILES string of the molecule is NC(=O)c1ccc(N2CCc3ccc(N)cc3C2)c(Cl)c1. The number of carbonyl (C=O) groups excluding carboxylic acids is 1. The van der Waals surface area contributed by atoms with E-state index in [4.69, 9.17) is 23.1 Å². The van der Waals surface area contributed by atoms with Gasteiger partial charge in [0.2, 0.25) is 5.91 Å². The molecule has 0 bridgehead atoms. The highest BCUT2D eigenvalue weighted by Crippen LogP contribution is 2.31. The molecule has 0 unspecified atom stereocenters. The molecular formula is C16H16ClN3O. The molecule has 0 spiro atoms. The summed E-state index contributed by atoms with van der Waals surface area (Å²) in [5.74, 6) is -0.472. The van der Waals surface area contributed by atoms with Crippen molar-refractivity contribution in [2.24, 2.45) is 5.73 Å². The van der Waals surface area contributed by atoms with Crippen LogP contribution in [-0.4, -0.2) is 12.5 Å². The first kappa shape index (κ1) is 13.8. The van der Waals surface area contributed by atoms with Crippen LogP contribution in [0.15, 0.2) is 36.4 Å². The van der Waals surface area contributed by atoms with Gasteiger partial charge in [-0.25, -0.2) is 0 Å². The molecule has 0 aliphatic carbocycles. The molecule has 0 atom stereocenters. The highest BCUT2D eigenvalue weighted by Gasteiger charge is 2.19. The van der Waals surface area contributed by atoms with Crippen LogP contribution in [0.3, 0.4) is 0 Å². The summed E-state index contributed by atoms with van der Waals surface area (Å²) in [7, 11) is 0. The topological polar surface area (TPSA) is 72.4 Å². The van der Waals surface area contributed by atoms with Crippen molar-refractivity contribution in [3.05, 3.63) is 58.1 Å². The lowest BCUT2D eigenvalue weighted by Gasteiger charge is -2.31. The molecule has 0 saturated carbocycles. The van der Waals surface area contributed by atoms with Crippen molar-refractivity contribution in [1.29, 1.82) is 0 Å². The number of carbonyl (C=O) groups is 1. The molecule has 3 rings (SSSR count). The smallest absolute Gasteiger partial charge is 0.248 e. The van der Waals surface area contributed by atoms with E-state index in [1.54, 1.807) is 12.1 Å². The van der Waals surface area contributed by atoms with Gasteiger partial charge in [-0.05, 0) is 47.9 Å².